The van der Waals surface area contributed by atoms with Gasteiger partial charge in [0.2, 0.25) is 0 Å². The van der Waals surface area contributed by atoms with Gasteiger partial charge in [-0.05, 0) is 45.4 Å². The number of aromatic nitrogens is 2. The molecule has 0 aliphatic carbocycles. The van der Waals surface area contributed by atoms with Gasteiger partial charge in [-0.15, -0.1) is 0 Å². The fraction of sp³-hybridized carbons (Fsp3) is 0.438. The molecule has 0 radical (unpaired) electrons. The smallest absolute Gasteiger partial charge is 0.0596 e. The second-order valence-electron chi connectivity index (χ2n) is 4.88. The fourth-order valence-electron chi connectivity index (χ4n) is 2.53. The maximum absolute atomic E-state index is 4.50. The van der Waals surface area contributed by atoms with Crippen LogP contribution in [0.25, 0.3) is 0 Å². The zero-order chi connectivity index (χ0) is 13.7. The van der Waals surface area contributed by atoms with Crippen molar-refractivity contribution in [2.24, 2.45) is 0 Å². The number of aryl methyl sites for hydroxylation is 3. The second-order valence-corrected chi connectivity index (χ2v) is 4.88. The minimum atomic E-state index is 0.404. The monoisotopic (exact) mass is 257 g/mol. The van der Waals surface area contributed by atoms with Crippen molar-refractivity contribution in [1.29, 1.82) is 0 Å². The molecule has 0 bridgehead atoms. The maximum atomic E-state index is 4.50. The van der Waals surface area contributed by atoms with Crippen molar-refractivity contribution in [3.05, 3.63) is 53.3 Å². The molecule has 0 aliphatic heterocycles. The van der Waals surface area contributed by atoms with E-state index in [1.165, 1.54) is 11.3 Å². The summed E-state index contributed by atoms with van der Waals surface area (Å²) in [6.07, 6.45) is 2.14. The molecule has 19 heavy (non-hydrogen) atoms. The summed E-state index contributed by atoms with van der Waals surface area (Å²) < 4.78 is 2.10. The summed E-state index contributed by atoms with van der Waals surface area (Å²) in [5.41, 5.74) is 3.79. The van der Waals surface area contributed by atoms with E-state index in [0.29, 0.717) is 6.04 Å². The van der Waals surface area contributed by atoms with Gasteiger partial charge in [-0.3, -0.25) is 4.68 Å². The first-order chi connectivity index (χ1) is 9.24. The highest BCUT2D eigenvalue weighted by Crippen LogP contribution is 2.19. The van der Waals surface area contributed by atoms with E-state index >= 15 is 0 Å². The van der Waals surface area contributed by atoms with Crippen molar-refractivity contribution in [2.45, 2.75) is 39.3 Å². The van der Waals surface area contributed by atoms with Crippen molar-refractivity contribution in [1.82, 2.24) is 15.1 Å². The average Bonchev–Trinajstić information content (AvgIpc) is 2.81. The summed E-state index contributed by atoms with van der Waals surface area (Å²) in [6.45, 7) is 5.14. The average molecular weight is 257 g/mol. The Morgan fingerprint density at radius 2 is 2.00 bits per heavy atom. The number of benzene rings is 1. The highest BCUT2D eigenvalue weighted by atomic mass is 15.3. The van der Waals surface area contributed by atoms with Crippen molar-refractivity contribution in [2.75, 3.05) is 7.05 Å². The first-order valence-electron chi connectivity index (χ1n) is 7.00. The van der Waals surface area contributed by atoms with E-state index in [0.717, 1.165) is 25.1 Å². The van der Waals surface area contributed by atoms with Crippen LogP contribution in [0.2, 0.25) is 0 Å². The normalized spacial score (nSPS) is 12.6. The Bertz CT molecular complexity index is 502. The summed E-state index contributed by atoms with van der Waals surface area (Å²) in [5.74, 6) is 0. The number of nitrogens with one attached hydrogen (secondary N) is 1. The first kappa shape index (κ1) is 13.8. The Kier molecular flexibility index (Phi) is 4.74. The van der Waals surface area contributed by atoms with Gasteiger partial charge in [-0.1, -0.05) is 30.3 Å². The third-order valence-electron chi connectivity index (χ3n) is 3.52. The molecule has 0 spiro atoms. The lowest BCUT2D eigenvalue weighted by Crippen LogP contribution is -2.17. The lowest BCUT2D eigenvalue weighted by Gasteiger charge is -2.16. The zero-order valence-corrected chi connectivity index (χ0v) is 12.1. The van der Waals surface area contributed by atoms with Crippen molar-refractivity contribution in [3.63, 3.8) is 0 Å². The minimum Gasteiger partial charge on any atom is -0.313 e. The van der Waals surface area contributed by atoms with Gasteiger partial charge in [0.05, 0.1) is 5.69 Å². The van der Waals surface area contributed by atoms with E-state index in [1.807, 2.05) is 7.05 Å². The fourth-order valence-corrected chi connectivity index (χ4v) is 2.53. The molecule has 1 unspecified atom stereocenters. The zero-order valence-electron chi connectivity index (χ0n) is 12.1. The van der Waals surface area contributed by atoms with E-state index < -0.39 is 0 Å². The topological polar surface area (TPSA) is 29.9 Å². The predicted octanol–water partition coefficient (Wildman–Crippen LogP) is 3.10. The van der Waals surface area contributed by atoms with Crippen LogP contribution in [-0.2, 0) is 13.0 Å². The quantitative estimate of drug-likeness (QED) is 0.861. The van der Waals surface area contributed by atoms with E-state index in [1.54, 1.807) is 0 Å². The van der Waals surface area contributed by atoms with Gasteiger partial charge in [0.1, 0.15) is 0 Å². The molecule has 0 saturated carbocycles. The molecular formula is C16H23N3. The number of hydrogen-bond donors (Lipinski definition) is 1. The van der Waals surface area contributed by atoms with Crippen LogP contribution in [0.5, 0.6) is 0 Å². The molecule has 3 nitrogen and oxygen atoms in total. The van der Waals surface area contributed by atoms with Gasteiger partial charge in [0, 0.05) is 18.3 Å². The standard InChI is InChI=1S/C16H23N3/c1-4-19-15(12-13(2)18-19)10-11-16(17-3)14-8-6-5-7-9-14/h5-9,12,16-17H,4,10-11H2,1-3H3. The SMILES string of the molecule is CCn1nc(C)cc1CCC(NC)c1ccccc1. The van der Waals surface area contributed by atoms with Gasteiger partial charge in [-0.2, -0.15) is 5.10 Å². The molecule has 1 heterocycles. The van der Waals surface area contributed by atoms with Gasteiger partial charge >= 0.3 is 0 Å². The molecule has 1 atom stereocenters. The maximum Gasteiger partial charge on any atom is 0.0596 e. The molecule has 0 fully saturated rings. The number of nitrogens with zero attached hydrogens (tertiary/aromatic N) is 2. The largest absolute Gasteiger partial charge is 0.313 e. The van der Waals surface area contributed by atoms with Crippen LogP contribution in [0.15, 0.2) is 36.4 Å². The third kappa shape index (κ3) is 3.44. The van der Waals surface area contributed by atoms with Gasteiger partial charge in [0.15, 0.2) is 0 Å². The van der Waals surface area contributed by atoms with Gasteiger partial charge in [-0.25, -0.2) is 0 Å². The van der Waals surface area contributed by atoms with Crippen LogP contribution in [0, 0.1) is 6.92 Å². The number of hydrogen-bond acceptors (Lipinski definition) is 2. The Labute approximate surface area is 115 Å². The molecule has 2 aromatic rings. The van der Waals surface area contributed by atoms with Gasteiger partial charge in [0.25, 0.3) is 0 Å². The van der Waals surface area contributed by atoms with Crippen molar-refractivity contribution >= 4 is 0 Å². The van der Waals surface area contributed by atoms with E-state index in [4.69, 9.17) is 0 Å². The highest BCUT2D eigenvalue weighted by molar-refractivity contribution is 5.19. The highest BCUT2D eigenvalue weighted by Gasteiger charge is 2.11. The van der Waals surface area contributed by atoms with Crippen LogP contribution in [-0.4, -0.2) is 16.8 Å². The summed E-state index contributed by atoms with van der Waals surface area (Å²) in [6, 6.07) is 13.2. The van der Waals surface area contributed by atoms with Gasteiger partial charge < -0.3 is 5.32 Å². The van der Waals surface area contributed by atoms with Crippen molar-refractivity contribution < 1.29 is 0 Å². The van der Waals surface area contributed by atoms with Crippen LogP contribution < -0.4 is 5.32 Å². The second kappa shape index (κ2) is 6.53. The Balaban J connectivity index is 2.04. The Hall–Kier alpha value is -1.61. The molecule has 102 valence electrons. The van der Waals surface area contributed by atoms with Crippen LogP contribution in [0.1, 0.15) is 36.3 Å². The minimum absolute atomic E-state index is 0.404. The molecule has 0 aliphatic rings. The molecule has 1 aromatic carbocycles. The lowest BCUT2D eigenvalue weighted by atomic mass is 10.0. The van der Waals surface area contributed by atoms with E-state index in [-0.39, 0.29) is 0 Å². The first-order valence-corrected chi connectivity index (χ1v) is 7.00. The molecule has 0 saturated heterocycles. The molecular weight excluding hydrogens is 234 g/mol. The molecule has 1 aromatic heterocycles. The lowest BCUT2D eigenvalue weighted by molar-refractivity contribution is 0.526. The molecule has 0 amide bonds. The van der Waals surface area contributed by atoms with Crippen LogP contribution in [0.3, 0.4) is 0 Å². The number of rotatable bonds is 6. The molecule has 1 N–H and O–H groups in total. The third-order valence-corrected chi connectivity index (χ3v) is 3.52. The Morgan fingerprint density at radius 1 is 1.26 bits per heavy atom. The predicted molar refractivity (Wildman–Crippen MR) is 79.2 cm³/mol. The van der Waals surface area contributed by atoms with E-state index in [2.05, 4.69) is 65.3 Å². The summed E-state index contributed by atoms with van der Waals surface area (Å²) in [4.78, 5) is 0. The Morgan fingerprint density at radius 3 is 2.63 bits per heavy atom. The summed E-state index contributed by atoms with van der Waals surface area (Å²) in [7, 11) is 2.03. The molecule has 3 heteroatoms. The van der Waals surface area contributed by atoms with Crippen molar-refractivity contribution in [3.8, 4) is 0 Å². The molecule has 2 rings (SSSR count). The van der Waals surface area contributed by atoms with Crippen LogP contribution >= 0.6 is 0 Å². The summed E-state index contributed by atoms with van der Waals surface area (Å²) in [5, 5.41) is 7.91. The summed E-state index contributed by atoms with van der Waals surface area (Å²) >= 11 is 0. The van der Waals surface area contributed by atoms with Crippen LogP contribution in [0.4, 0.5) is 0 Å². The van der Waals surface area contributed by atoms with E-state index in [9.17, 15) is 0 Å².